The standard InChI is InChI=1S/C27H27ClN4O2/c1-18-5-6-21(23(15-18)27(34)31-25-12-11-22(28)17-30-25)16-24(33)19-7-9-20(10-8-19)26(29)32-13-3-2-4-14-32/h5-12,15,17,29H,2-4,13-14,16H2,1H3,(H,30,31,34). The van der Waals surface area contributed by atoms with E-state index in [-0.39, 0.29) is 18.1 Å². The number of piperidine rings is 1. The molecule has 3 aromatic rings. The molecule has 4 rings (SSSR count). The maximum atomic E-state index is 13.0. The summed E-state index contributed by atoms with van der Waals surface area (Å²) in [5, 5.41) is 11.7. The first-order valence-corrected chi connectivity index (χ1v) is 11.8. The molecule has 1 saturated heterocycles. The second kappa shape index (κ2) is 10.6. The van der Waals surface area contributed by atoms with Gasteiger partial charge in [0.2, 0.25) is 0 Å². The molecular weight excluding hydrogens is 448 g/mol. The monoisotopic (exact) mass is 474 g/mol. The highest BCUT2D eigenvalue weighted by Crippen LogP contribution is 2.19. The maximum absolute atomic E-state index is 13.0. The van der Waals surface area contributed by atoms with Crippen LogP contribution < -0.4 is 5.32 Å². The number of amidine groups is 1. The first-order chi connectivity index (χ1) is 16.4. The van der Waals surface area contributed by atoms with Gasteiger partial charge in [0.15, 0.2) is 5.78 Å². The minimum Gasteiger partial charge on any atom is -0.357 e. The molecule has 0 atom stereocenters. The van der Waals surface area contributed by atoms with Crippen molar-refractivity contribution in [3.63, 3.8) is 0 Å². The molecule has 6 nitrogen and oxygen atoms in total. The van der Waals surface area contributed by atoms with Crippen LogP contribution in [-0.4, -0.2) is 40.5 Å². The van der Waals surface area contributed by atoms with Gasteiger partial charge in [-0.15, -0.1) is 0 Å². The number of hydrogen-bond donors (Lipinski definition) is 2. The summed E-state index contributed by atoms with van der Waals surface area (Å²) in [6.07, 6.45) is 5.00. The molecule has 2 N–H and O–H groups in total. The smallest absolute Gasteiger partial charge is 0.257 e. The number of carbonyl (C=O) groups is 2. The van der Waals surface area contributed by atoms with E-state index in [0.717, 1.165) is 37.1 Å². The summed E-state index contributed by atoms with van der Waals surface area (Å²) in [5.41, 5.74) is 3.37. The summed E-state index contributed by atoms with van der Waals surface area (Å²) >= 11 is 5.87. The maximum Gasteiger partial charge on any atom is 0.257 e. The van der Waals surface area contributed by atoms with Gasteiger partial charge in [0.25, 0.3) is 5.91 Å². The van der Waals surface area contributed by atoms with E-state index in [1.165, 1.54) is 12.6 Å². The van der Waals surface area contributed by atoms with Gasteiger partial charge in [-0.1, -0.05) is 53.6 Å². The van der Waals surface area contributed by atoms with Crippen LogP contribution in [0.4, 0.5) is 5.82 Å². The minimum atomic E-state index is -0.327. The van der Waals surface area contributed by atoms with Crippen LogP contribution in [0.1, 0.15) is 56.7 Å². The van der Waals surface area contributed by atoms with Gasteiger partial charge < -0.3 is 10.2 Å². The van der Waals surface area contributed by atoms with E-state index in [1.54, 1.807) is 30.3 Å². The number of benzene rings is 2. The topological polar surface area (TPSA) is 86.2 Å². The molecule has 0 aliphatic carbocycles. The van der Waals surface area contributed by atoms with E-state index in [9.17, 15) is 9.59 Å². The normalized spacial score (nSPS) is 13.4. The number of Topliss-reactive ketones (excluding diaryl/α,β-unsaturated/α-hetero) is 1. The summed E-state index contributed by atoms with van der Waals surface area (Å²) < 4.78 is 0. The van der Waals surface area contributed by atoms with Gasteiger partial charge in [0.1, 0.15) is 11.7 Å². The molecule has 2 heterocycles. The fourth-order valence-electron chi connectivity index (χ4n) is 4.08. The molecule has 1 amide bonds. The Morgan fingerprint density at radius 1 is 1.00 bits per heavy atom. The summed E-state index contributed by atoms with van der Waals surface area (Å²) in [5.74, 6) is 0.483. The van der Waals surface area contributed by atoms with Crippen LogP contribution in [0, 0.1) is 12.3 Å². The van der Waals surface area contributed by atoms with Crippen LogP contribution in [0.5, 0.6) is 0 Å². The first-order valence-electron chi connectivity index (χ1n) is 11.4. The lowest BCUT2D eigenvalue weighted by Crippen LogP contribution is -2.35. The average Bonchev–Trinajstić information content (AvgIpc) is 2.86. The molecule has 0 radical (unpaired) electrons. The van der Waals surface area contributed by atoms with E-state index in [4.69, 9.17) is 17.0 Å². The number of rotatable bonds is 6. The quantitative estimate of drug-likeness (QED) is 0.279. The summed E-state index contributed by atoms with van der Waals surface area (Å²) in [7, 11) is 0. The van der Waals surface area contributed by atoms with Gasteiger partial charge in [-0.05, 0) is 49.9 Å². The molecule has 34 heavy (non-hydrogen) atoms. The molecule has 0 bridgehead atoms. The number of ketones is 1. The van der Waals surface area contributed by atoms with Crippen LogP contribution in [-0.2, 0) is 6.42 Å². The van der Waals surface area contributed by atoms with Crippen molar-refractivity contribution in [3.8, 4) is 0 Å². The number of amides is 1. The predicted molar refractivity (Wildman–Crippen MR) is 135 cm³/mol. The molecule has 7 heteroatoms. The van der Waals surface area contributed by atoms with Crippen molar-refractivity contribution in [3.05, 3.63) is 93.6 Å². The van der Waals surface area contributed by atoms with E-state index in [2.05, 4.69) is 15.2 Å². The number of nitrogens with one attached hydrogen (secondary N) is 2. The molecule has 174 valence electrons. The number of hydrogen-bond acceptors (Lipinski definition) is 4. The average molecular weight is 475 g/mol. The van der Waals surface area contributed by atoms with Crippen LogP contribution in [0.3, 0.4) is 0 Å². The third kappa shape index (κ3) is 5.69. The van der Waals surface area contributed by atoms with E-state index >= 15 is 0 Å². The number of anilines is 1. The summed E-state index contributed by atoms with van der Waals surface area (Å²) in [6, 6.07) is 16.0. The third-order valence-electron chi connectivity index (χ3n) is 5.98. The van der Waals surface area contributed by atoms with E-state index < -0.39 is 0 Å². The highest BCUT2D eigenvalue weighted by Gasteiger charge is 2.18. The van der Waals surface area contributed by atoms with Crippen LogP contribution in [0.2, 0.25) is 5.02 Å². The fraction of sp³-hybridized carbons (Fsp3) is 0.259. The Labute approximate surface area is 204 Å². The lowest BCUT2D eigenvalue weighted by Gasteiger charge is -2.29. The second-order valence-electron chi connectivity index (χ2n) is 8.55. The third-order valence-corrected chi connectivity index (χ3v) is 6.21. The fourth-order valence-corrected chi connectivity index (χ4v) is 4.19. The highest BCUT2D eigenvalue weighted by atomic mass is 35.5. The second-order valence-corrected chi connectivity index (χ2v) is 8.99. The summed E-state index contributed by atoms with van der Waals surface area (Å²) in [4.78, 5) is 32.2. The molecule has 0 spiro atoms. The largest absolute Gasteiger partial charge is 0.357 e. The molecule has 0 unspecified atom stereocenters. The molecule has 0 saturated carbocycles. The van der Waals surface area contributed by atoms with Gasteiger partial charge >= 0.3 is 0 Å². The number of aromatic nitrogens is 1. The van der Waals surface area contributed by atoms with Crippen molar-refractivity contribution in [2.45, 2.75) is 32.6 Å². The zero-order valence-electron chi connectivity index (χ0n) is 19.1. The number of pyridine rings is 1. The zero-order valence-corrected chi connectivity index (χ0v) is 19.9. The number of carbonyl (C=O) groups excluding carboxylic acids is 2. The SMILES string of the molecule is Cc1ccc(CC(=O)c2ccc(C(=N)N3CCCCC3)cc2)c(C(=O)Nc2ccc(Cl)cn2)c1. The number of likely N-dealkylation sites (tertiary alicyclic amines) is 1. The molecular formula is C27H27ClN4O2. The van der Waals surface area contributed by atoms with Gasteiger partial charge in [-0.3, -0.25) is 15.0 Å². The molecule has 2 aromatic carbocycles. The van der Waals surface area contributed by atoms with Crippen molar-refractivity contribution >= 4 is 34.9 Å². The minimum absolute atomic E-state index is 0.0847. The van der Waals surface area contributed by atoms with Gasteiger partial charge in [0, 0.05) is 42.4 Å². The molecule has 1 fully saturated rings. The van der Waals surface area contributed by atoms with Crippen LogP contribution in [0.15, 0.2) is 60.8 Å². The van der Waals surface area contributed by atoms with Crippen molar-refractivity contribution in [1.82, 2.24) is 9.88 Å². The Morgan fingerprint density at radius 3 is 2.38 bits per heavy atom. The summed E-state index contributed by atoms with van der Waals surface area (Å²) in [6.45, 7) is 3.71. The Hall–Kier alpha value is -3.51. The molecule has 1 aliphatic rings. The van der Waals surface area contributed by atoms with Crippen molar-refractivity contribution in [2.24, 2.45) is 0 Å². The van der Waals surface area contributed by atoms with Gasteiger partial charge in [-0.2, -0.15) is 0 Å². The van der Waals surface area contributed by atoms with Crippen molar-refractivity contribution in [1.29, 1.82) is 5.41 Å². The van der Waals surface area contributed by atoms with Gasteiger partial charge in [-0.25, -0.2) is 4.98 Å². The predicted octanol–water partition coefficient (Wildman–Crippen LogP) is 5.53. The Balaban J connectivity index is 1.47. The van der Waals surface area contributed by atoms with E-state index in [1.807, 2.05) is 31.2 Å². The van der Waals surface area contributed by atoms with Crippen LogP contribution in [0.25, 0.3) is 0 Å². The lowest BCUT2D eigenvalue weighted by atomic mass is 9.96. The number of nitrogens with zero attached hydrogens (tertiary/aromatic N) is 2. The van der Waals surface area contributed by atoms with Gasteiger partial charge in [0.05, 0.1) is 5.02 Å². The first kappa shape index (κ1) is 23.6. The number of halogens is 1. The lowest BCUT2D eigenvalue weighted by molar-refractivity contribution is 0.0992. The molecule has 1 aliphatic heterocycles. The molecule has 1 aromatic heterocycles. The number of aryl methyl sites for hydroxylation is 1. The highest BCUT2D eigenvalue weighted by molar-refractivity contribution is 6.30. The zero-order chi connectivity index (χ0) is 24.1. The van der Waals surface area contributed by atoms with E-state index in [0.29, 0.717) is 33.4 Å². The van der Waals surface area contributed by atoms with Crippen molar-refractivity contribution < 1.29 is 9.59 Å². The Kier molecular flexibility index (Phi) is 7.38. The van der Waals surface area contributed by atoms with Crippen LogP contribution >= 0.6 is 11.6 Å². The Morgan fingerprint density at radius 2 is 1.71 bits per heavy atom. The Bertz CT molecular complexity index is 1200. The van der Waals surface area contributed by atoms with Crippen molar-refractivity contribution in [2.75, 3.05) is 18.4 Å².